The van der Waals surface area contributed by atoms with Gasteiger partial charge in [0.05, 0.1) is 10.1 Å². The lowest BCUT2D eigenvalue weighted by Gasteiger charge is -2.26. The summed E-state index contributed by atoms with van der Waals surface area (Å²) in [6.45, 7) is 4.43. The molecule has 0 spiro atoms. The van der Waals surface area contributed by atoms with Gasteiger partial charge in [0, 0.05) is 42.0 Å². The summed E-state index contributed by atoms with van der Waals surface area (Å²) in [5.74, 6) is -0.0885. The SMILES string of the molecule is CC(C)S(=O)(=O)c1ccc(C(=O)N2CC=C(c3c[nH]c4ncccc34)CC2)cc1. The molecule has 0 bridgehead atoms. The molecule has 1 amide bonds. The zero-order valence-corrected chi connectivity index (χ0v) is 17.2. The normalized spacial score (nSPS) is 15.0. The number of amides is 1. The van der Waals surface area contributed by atoms with Gasteiger partial charge in [0.25, 0.3) is 5.91 Å². The maximum absolute atomic E-state index is 12.8. The van der Waals surface area contributed by atoms with Crippen LogP contribution in [0.15, 0.2) is 59.8 Å². The number of nitrogens with one attached hydrogen (secondary N) is 1. The molecule has 150 valence electrons. The van der Waals surface area contributed by atoms with E-state index in [0.717, 1.165) is 23.0 Å². The van der Waals surface area contributed by atoms with E-state index in [2.05, 4.69) is 16.0 Å². The Morgan fingerprint density at radius 1 is 1.17 bits per heavy atom. The van der Waals surface area contributed by atoms with Crippen LogP contribution in [-0.2, 0) is 9.84 Å². The topological polar surface area (TPSA) is 83.1 Å². The van der Waals surface area contributed by atoms with Crippen LogP contribution in [0.1, 0.15) is 36.2 Å². The van der Waals surface area contributed by atoms with Gasteiger partial charge in [-0.05, 0) is 62.2 Å². The number of fused-ring (bicyclic) bond motifs is 1. The Bertz CT molecular complexity index is 1190. The van der Waals surface area contributed by atoms with Gasteiger partial charge >= 0.3 is 0 Å². The van der Waals surface area contributed by atoms with Crippen molar-refractivity contribution in [3.05, 3.63) is 66.0 Å². The number of benzene rings is 1. The second-order valence-electron chi connectivity index (χ2n) is 7.45. The minimum absolute atomic E-state index is 0.0885. The number of rotatable bonds is 4. The van der Waals surface area contributed by atoms with Crippen LogP contribution in [-0.4, -0.2) is 47.5 Å². The standard InChI is InChI=1S/C22H23N3O3S/c1-15(2)29(27,28)18-7-5-17(6-8-18)22(26)25-12-9-16(10-13-25)20-14-24-21-19(20)4-3-11-23-21/h3-9,11,14-15H,10,12-13H2,1-2H3,(H,23,24). The minimum Gasteiger partial charge on any atom is -0.346 e. The molecule has 29 heavy (non-hydrogen) atoms. The fourth-order valence-corrected chi connectivity index (χ4v) is 4.62. The van der Waals surface area contributed by atoms with Gasteiger partial charge < -0.3 is 9.88 Å². The predicted octanol–water partition coefficient (Wildman–Crippen LogP) is 3.67. The largest absolute Gasteiger partial charge is 0.346 e. The Morgan fingerprint density at radius 2 is 1.93 bits per heavy atom. The summed E-state index contributed by atoms with van der Waals surface area (Å²) < 4.78 is 24.5. The van der Waals surface area contributed by atoms with E-state index in [0.29, 0.717) is 18.7 Å². The van der Waals surface area contributed by atoms with Crippen LogP contribution in [0.25, 0.3) is 16.6 Å². The third-order valence-electron chi connectivity index (χ3n) is 5.34. The average Bonchev–Trinajstić information content (AvgIpc) is 3.17. The number of aromatic nitrogens is 2. The quantitative estimate of drug-likeness (QED) is 0.713. The van der Waals surface area contributed by atoms with Crippen molar-refractivity contribution in [2.24, 2.45) is 0 Å². The van der Waals surface area contributed by atoms with Gasteiger partial charge in [-0.3, -0.25) is 4.79 Å². The number of carbonyl (C=O) groups excluding carboxylic acids is 1. The number of pyridine rings is 1. The molecule has 0 radical (unpaired) electrons. The van der Waals surface area contributed by atoms with Crippen molar-refractivity contribution in [1.82, 2.24) is 14.9 Å². The number of H-pyrrole nitrogens is 1. The number of aromatic amines is 1. The van der Waals surface area contributed by atoms with E-state index in [4.69, 9.17) is 0 Å². The van der Waals surface area contributed by atoms with Gasteiger partial charge in [0.15, 0.2) is 9.84 Å². The van der Waals surface area contributed by atoms with Crippen LogP contribution in [0, 0.1) is 0 Å². The monoisotopic (exact) mass is 409 g/mol. The molecular weight excluding hydrogens is 386 g/mol. The summed E-state index contributed by atoms with van der Waals surface area (Å²) in [5.41, 5.74) is 3.69. The molecule has 0 fully saturated rings. The Hall–Kier alpha value is -2.93. The first-order valence-corrected chi connectivity index (χ1v) is 11.2. The van der Waals surface area contributed by atoms with E-state index in [1.165, 1.54) is 17.7 Å². The van der Waals surface area contributed by atoms with E-state index in [1.807, 2.05) is 18.3 Å². The number of carbonyl (C=O) groups is 1. The summed E-state index contributed by atoms with van der Waals surface area (Å²) in [4.78, 5) is 22.4. The summed E-state index contributed by atoms with van der Waals surface area (Å²) in [7, 11) is -3.34. The van der Waals surface area contributed by atoms with Gasteiger partial charge in [-0.25, -0.2) is 13.4 Å². The van der Waals surface area contributed by atoms with Crippen LogP contribution in [0.2, 0.25) is 0 Å². The molecule has 1 aromatic carbocycles. The molecule has 3 aromatic rings. The molecule has 4 rings (SSSR count). The van der Waals surface area contributed by atoms with Crippen molar-refractivity contribution in [2.45, 2.75) is 30.4 Å². The molecule has 1 N–H and O–H groups in total. The first-order chi connectivity index (χ1) is 13.9. The molecular formula is C22H23N3O3S. The third kappa shape index (κ3) is 3.58. The molecule has 1 aliphatic heterocycles. The summed E-state index contributed by atoms with van der Waals surface area (Å²) in [5, 5.41) is 0.592. The molecule has 6 nitrogen and oxygen atoms in total. The molecule has 3 heterocycles. The van der Waals surface area contributed by atoms with Crippen molar-refractivity contribution >= 4 is 32.4 Å². The van der Waals surface area contributed by atoms with Crippen molar-refractivity contribution in [1.29, 1.82) is 0 Å². The highest BCUT2D eigenvalue weighted by Crippen LogP contribution is 2.29. The van der Waals surface area contributed by atoms with Gasteiger partial charge in [0.1, 0.15) is 5.65 Å². The van der Waals surface area contributed by atoms with Crippen molar-refractivity contribution in [3.8, 4) is 0 Å². The summed E-state index contributed by atoms with van der Waals surface area (Å²) in [6.07, 6.45) is 6.56. The maximum atomic E-state index is 12.8. The van der Waals surface area contributed by atoms with Gasteiger partial charge in [-0.2, -0.15) is 0 Å². The Balaban J connectivity index is 1.50. The van der Waals surface area contributed by atoms with E-state index < -0.39 is 15.1 Å². The first kappa shape index (κ1) is 19.4. The fourth-order valence-electron chi connectivity index (χ4n) is 3.56. The molecule has 0 saturated carbocycles. The van der Waals surface area contributed by atoms with Crippen LogP contribution in [0.5, 0.6) is 0 Å². The van der Waals surface area contributed by atoms with Crippen LogP contribution in [0.3, 0.4) is 0 Å². The highest BCUT2D eigenvalue weighted by Gasteiger charge is 2.23. The Morgan fingerprint density at radius 3 is 2.59 bits per heavy atom. The van der Waals surface area contributed by atoms with Gasteiger partial charge in [-0.15, -0.1) is 0 Å². The summed E-state index contributed by atoms with van der Waals surface area (Å²) in [6, 6.07) is 10.2. The van der Waals surface area contributed by atoms with Crippen molar-refractivity contribution in [3.63, 3.8) is 0 Å². The predicted molar refractivity (Wildman–Crippen MR) is 113 cm³/mol. The zero-order valence-electron chi connectivity index (χ0n) is 16.4. The van der Waals surface area contributed by atoms with E-state index >= 15 is 0 Å². The molecule has 2 aromatic heterocycles. The molecule has 7 heteroatoms. The van der Waals surface area contributed by atoms with E-state index in [-0.39, 0.29) is 10.8 Å². The van der Waals surface area contributed by atoms with Gasteiger partial charge in [0.2, 0.25) is 0 Å². The molecule has 0 unspecified atom stereocenters. The summed E-state index contributed by atoms with van der Waals surface area (Å²) >= 11 is 0. The van der Waals surface area contributed by atoms with Crippen LogP contribution < -0.4 is 0 Å². The zero-order chi connectivity index (χ0) is 20.6. The van der Waals surface area contributed by atoms with Crippen LogP contribution in [0.4, 0.5) is 0 Å². The number of nitrogens with zero attached hydrogens (tertiary/aromatic N) is 2. The Kier molecular flexibility index (Phi) is 5.00. The number of sulfone groups is 1. The van der Waals surface area contributed by atoms with Crippen LogP contribution >= 0.6 is 0 Å². The van der Waals surface area contributed by atoms with E-state index in [1.54, 1.807) is 37.1 Å². The lowest BCUT2D eigenvalue weighted by atomic mass is 9.99. The third-order valence-corrected chi connectivity index (χ3v) is 7.51. The first-order valence-electron chi connectivity index (χ1n) is 9.62. The molecule has 0 atom stereocenters. The maximum Gasteiger partial charge on any atom is 0.254 e. The highest BCUT2D eigenvalue weighted by atomic mass is 32.2. The molecule has 1 aliphatic rings. The molecule has 0 saturated heterocycles. The van der Waals surface area contributed by atoms with Crippen molar-refractivity contribution < 1.29 is 13.2 Å². The second-order valence-corrected chi connectivity index (χ2v) is 9.95. The van der Waals surface area contributed by atoms with Crippen molar-refractivity contribution in [2.75, 3.05) is 13.1 Å². The smallest absolute Gasteiger partial charge is 0.254 e. The lowest BCUT2D eigenvalue weighted by Crippen LogP contribution is -2.34. The fraction of sp³-hybridized carbons (Fsp3) is 0.273. The van der Waals surface area contributed by atoms with E-state index in [9.17, 15) is 13.2 Å². The Labute approximate surface area is 170 Å². The minimum atomic E-state index is -3.34. The lowest BCUT2D eigenvalue weighted by molar-refractivity contribution is 0.0773. The number of hydrogen-bond acceptors (Lipinski definition) is 4. The van der Waals surface area contributed by atoms with Gasteiger partial charge in [-0.1, -0.05) is 6.08 Å². The average molecular weight is 410 g/mol. The molecule has 0 aliphatic carbocycles. The number of hydrogen-bond donors (Lipinski definition) is 1. The highest BCUT2D eigenvalue weighted by molar-refractivity contribution is 7.92. The second kappa shape index (κ2) is 7.48.